The number of nitrogens with zero attached hydrogens (tertiary/aromatic N) is 4. The molecular formula is C21H16FN5O4. The van der Waals surface area contributed by atoms with Gasteiger partial charge in [0, 0.05) is 17.2 Å². The van der Waals surface area contributed by atoms with E-state index in [0.717, 1.165) is 0 Å². The minimum atomic E-state index is -0.336. The Kier molecular flexibility index (Phi) is 4.79. The van der Waals surface area contributed by atoms with Crippen molar-refractivity contribution >= 4 is 11.6 Å². The molecule has 10 heteroatoms. The quantitative estimate of drug-likeness (QED) is 0.478. The molecule has 0 radical (unpaired) electrons. The molecule has 0 atom stereocenters. The summed E-state index contributed by atoms with van der Waals surface area (Å²) in [6, 6.07) is 14.3. The zero-order valence-corrected chi connectivity index (χ0v) is 16.1. The lowest BCUT2D eigenvalue weighted by Gasteiger charge is -2.08. The molecule has 5 rings (SSSR count). The van der Waals surface area contributed by atoms with Crippen LogP contribution in [-0.4, -0.2) is 45.7 Å². The summed E-state index contributed by atoms with van der Waals surface area (Å²) >= 11 is 0. The Labute approximate surface area is 175 Å². The van der Waals surface area contributed by atoms with Crippen molar-refractivity contribution in [2.75, 3.05) is 19.9 Å². The number of carbonyl (C=O) groups excluding carboxylic acids is 1. The first-order valence-corrected chi connectivity index (χ1v) is 9.46. The van der Waals surface area contributed by atoms with Gasteiger partial charge in [-0.3, -0.25) is 4.79 Å². The summed E-state index contributed by atoms with van der Waals surface area (Å²) < 4.78 is 30.9. The Morgan fingerprint density at radius 2 is 1.90 bits per heavy atom. The predicted molar refractivity (Wildman–Crippen MR) is 107 cm³/mol. The van der Waals surface area contributed by atoms with Crippen LogP contribution in [0.2, 0.25) is 0 Å². The Hall–Kier alpha value is -4.21. The summed E-state index contributed by atoms with van der Waals surface area (Å²) in [5, 5.41) is 15.3. The van der Waals surface area contributed by atoms with E-state index in [0.29, 0.717) is 40.0 Å². The highest BCUT2D eigenvalue weighted by atomic mass is 19.1. The summed E-state index contributed by atoms with van der Waals surface area (Å²) in [7, 11) is 0. The Morgan fingerprint density at radius 1 is 1.06 bits per heavy atom. The van der Waals surface area contributed by atoms with Gasteiger partial charge in [-0.1, -0.05) is 0 Å². The van der Waals surface area contributed by atoms with Gasteiger partial charge in [-0.05, 0) is 48.5 Å². The number of hydrogen-bond acceptors (Lipinski definition) is 7. The topological polar surface area (TPSA) is 99.9 Å². The fraction of sp³-hybridized carbons (Fsp3) is 0.143. The molecule has 0 aliphatic carbocycles. The van der Waals surface area contributed by atoms with E-state index >= 15 is 0 Å². The van der Waals surface area contributed by atoms with E-state index in [-0.39, 0.29) is 31.7 Å². The molecule has 2 aromatic carbocycles. The van der Waals surface area contributed by atoms with Gasteiger partial charge < -0.3 is 19.5 Å². The van der Waals surface area contributed by atoms with Gasteiger partial charge in [0.25, 0.3) is 5.91 Å². The lowest BCUT2D eigenvalue weighted by molar-refractivity contribution is 0.0946. The first-order valence-electron chi connectivity index (χ1n) is 9.46. The van der Waals surface area contributed by atoms with Gasteiger partial charge in [0.2, 0.25) is 12.7 Å². The van der Waals surface area contributed by atoms with Crippen LogP contribution in [0.25, 0.3) is 17.0 Å². The van der Waals surface area contributed by atoms with Crippen molar-refractivity contribution in [3.8, 4) is 28.8 Å². The molecule has 1 aliphatic rings. The normalized spacial score (nSPS) is 12.2. The zero-order valence-electron chi connectivity index (χ0n) is 16.1. The van der Waals surface area contributed by atoms with Gasteiger partial charge in [0.1, 0.15) is 12.4 Å². The van der Waals surface area contributed by atoms with Gasteiger partial charge in [-0.15, -0.1) is 15.3 Å². The fourth-order valence-electron chi connectivity index (χ4n) is 3.09. The lowest BCUT2D eigenvalue weighted by Crippen LogP contribution is -2.28. The molecule has 156 valence electrons. The third-order valence-corrected chi connectivity index (χ3v) is 4.61. The molecule has 0 bridgehead atoms. The highest BCUT2D eigenvalue weighted by Gasteiger charge is 2.16. The minimum Gasteiger partial charge on any atom is -0.475 e. The molecule has 1 N–H and O–H groups in total. The second kappa shape index (κ2) is 7.90. The maximum Gasteiger partial charge on any atom is 0.251 e. The third kappa shape index (κ3) is 3.82. The van der Waals surface area contributed by atoms with E-state index in [4.69, 9.17) is 14.2 Å². The number of carbonyl (C=O) groups is 1. The molecule has 0 unspecified atom stereocenters. The summed E-state index contributed by atoms with van der Waals surface area (Å²) in [6.45, 7) is 0.643. The smallest absolute Gasteiger partial charge is 0.251 e. The van der Waals surface area contributed by atoms with Crippen LogP contribution in [0.1, 0.15) is 10.4 Å². The average Bonchev–Trinajstić information content (AvgIpc) is 3.43. The number of halogens is 1. The van der Waals surface area contributed by atoms with Crippen LogP contribution in [0, 0.1) is 5.82 Å². The molecule has 4 aromatic rings. The molecule has 9 nitrogen and oxygen atoms in total. The first kappa shape index (κ1) is 18.8. The summed E-state index contributed by atoms with van der Waals surface area (Å²) in [5.41, 5.74) is 1.68. The number of fused-ring (bicyclic) bond motifs is 2. The van der Waals surface area contributed by atoms with Crippen molar-refractivity contribution in [3.05, 3.63) is 66.0 Å². The number of rotatable bonds is 6. The molecule has 0 fully saturated rings. The van der Waals surface area contributed by atoms with Crippen molar-refractivity contribution < 1.29 is 23.4 Å². The van der Waals surface area contributed by atoms with Crippen LogP contribution in [-0.2, 0) is 0 Å². The molecule has 31 heavy (non-hydrogen) atoms. The van der Waals surface area contributed by atoms with Crippen molar-refractivity contribution in [2.45, 2.75) is 0 Å². The molecule has 2 aromatic heterocycles. The highest BCUT2D eigenvalue weighted by molar-refractivity contribution is 5.94. The van der Waals surface area contributed by atoms with Crippen LogP contribution >= 0.6 is 0 Å². The number of nitrogens with one attached hydrogen (secondary N) is 1. The minimum absolute atomic E-state index is 0.154. The van der Waals surface area contributed by atoms with E-state index in [1.807, 2.05) is 0 Å². The van der Waals surface area contributed by atoms with Crippen molar-refractivity contribution in [1.82, 2.24) is 25.1 Å². The SMILES string of the molecule is O=C(NCCOc1ccc2nnc(-c3ccc(F)cc3)n2n1)c1ccc2c(c1)OCO2. The Bertz CT molecular complexity index is 1260. The van der Waals surface area contributed by atoms with Gasteiger partial charge in [0.05, 0.1) is 6.54 Å². The maximum atomic E-state index is 13.2. The molecule has 3 heterocycles. The van der Waals surface area contributed by atoms with E-state index in [1.54, 1.807) is 42.5 Å². The fourth-order valence-corrected chi connectivity index (χ4v) is 3.09. The zero-order chi connectivity index (χ0) is 21.2. The van der Waals surface area contributed by atoms with Crippen molar-refractivity contribution in [1.29, 1.82) is 0 Å². The van der Waals surface area contributed by atoms with E-state index < -0.39 is 0 Å². The van der Waals surface area contributed by atoms with E-state index in [2.05, 4.69) is 20.6 Å². The van der Waals surface area contributed by atoms with Gasteiger partial charge in [-0.2, -0.15) is 4.52 Å². The van der Waals surface area contributed by atoms with E-state index in [1.165, 1.54) is 16.6 Å². The Morgan fingerprint density at radius 3 is 2.77 bits per heavy atom. The molecule has 1 amide bonds. The number of aromatic nitrogens is 4. The van der Waals surface area contributed by atoms with Crippen LogP contribution in [0.3, 0.4) is 0 Å². The highest BCUT2D eigenvalue weighted by Crippen LogP contribution is 2.32. The standard InChI is InChI=1S/C21H16FN5O4/c22-15-4-1-13(2-5-15)20-25-24-18-7-8-19(26-27(18)20)29-10-9-23-21(28)14-3-6-16-17(11-14)31-12-30-16/h1-8,11H,9-10,12H2,(H,23,28). The number of hydrogen-bond donors (Lipinski definition) is 1. The van der Waals surface area contributed by atoms with Gasteiger partial charge in [-0.25, -0.2) is 4.39 Å². The van der Waals surface area contributed by atoms with Crippen molar-refractivity contribution in [3.63, 3.8) is 0 Å². The molecule has 0 spiro atoms. The summed E-state index contributed by atoms with van der Waals surface area (Å²) in [5.74, 6) is 1.40. The monoisotopic (exact) mass is 421 g/mol. The molecule has 0 saturated heterocycles. The molecule has 1 aliphatic heterocycles. The molecular weight excluding hydrogens is 405 g/mol. The maximum absolute atomic E-state index is 13.2. The summed E-state index contributed by atoms with van der Waals surface area (Å²) in [4.78, 5) is 12.3. The van der Waals surface area contributed by atoms with E-state index in [9.17, 15) is 9.18 Å². The first-order chi connectivity index (χ1) is 15.2. The van der Waals surface area contributed by atoms with Crippen LogP contribution in [0.15, 0.2) is 54.6 Å². The number of ether oxygens (including phenoxy) is 3. The van der Waals surface area contributed by atoms with Crippen LogP contribution < -0.4 is 19.5 Å². The van der Waals surface area contributed by atoms with Crippen molar-refractivity contribution in [2.24, 2.45) is 0 Å². The number of benzene rings is 2. The second-order valence-electron chi connectivity index (χ2n) is 6.64. The molecule has 0 saturated carbocycles. The largest absolute Gasteiger partial charge is 0.475 e. The summed E-state index contributed by atoms with van der Waals surface area (Å²) in [6.07, 6.45) is 0. The van der Waals surface area contributed by atoms with Crippen LogP contribution in [0.4, 0.5) is 4.39 Å². The predicted octanol–water partition coefficient (Wildman–Crippen LogP) is 2.47. The Balaban J connectivity index is 1.21. The lowest BCUT2D eigenvalue weighted by atomic mass is 10.2. The number of amides is 1. The van der Waals surface area contributed by atoms with Crippen LogP contribution in [0.5, 0.6) is 17.4 Å². The van der Waals surface area contributed by atoms with Gasteiger partial charge in [0.15, 0.2) is 23.0 Å². The second-order valence-corrected chi connectivity index (χ2v) is 6.64. The van der Waals surface area contributed by atoms with Gasteiger partial charge >= 0.3 is 0 Å². The third-order valence-electron chi connectivity index (χ3n) is 4.61. The average molecular weight is 421 g/mol.